The largest absolute Gasteiger partial charge is 0.389 e. The van der Waals surface area contributed by atoms with E-state index in [0.717, 1.165) is 30.6 Å². The molecule has 0 aromatic carbocycles. The molecule has 0 bridgehead atoms. The molecule has 0 spiro atoms. The van der Waals surface area contributed by atoms with Crippen molar-refractivity contribution in [1.82, 2.24) is 14.3 Å². The first-order valence-corrected chi connectivity index (χ1v) is 9.29. The summed E-state index contributed by atoms with van der Waals surface area (Å²) >= 11 is 1.43. The lowest BCUT2D eigenvalue weighted by atomic mass is 9.71. The van der Waals surface area contributed by atoms with Crippen molar-refractivity contribution in [2.75, 3.05) is 13.1 Å². The van der Waals surface area contributed by atoms with Gasteiger partial charge in [-0.2, -0.15) is 0 Å². The zero-order valence-corrected chi connectivity index (χ0v) is 14.5. The molecule has 0 radical (unpaired) electrons. The monoisotopic (exact) mass is 347 g/mol. The van der Waals surface area contributed by atoms with E-state index in [1.54, 1.807) is 11.1 Å². The van der Waals surface area contributed by atoms with E-state index in [9.17, 15) is 14.7 Å². The van der Waals surface area contributed by atoms with E-state index < -0.39 is 5.60 Å². The minimum absolute atomic E-state index is 0.117. The fraction of sp³-hybridized carbons (Fsp3) is 0.588. The first-order valence-electron chi connectivity index (χ1n) is 8.47. The highest BCUT2D eigenvalue weighted by atomic mass is 32.1. The normalized spacial score (nSPS) is 27.2. The number of aromatic nitrogens is 2. The third-order valence-electron chi connectivity index (χ3n) is 5.47. The fourth-order valence-corrected chi connectivity index (χ4v) is 4.85. The zero-order chi connectivity index (χ0) is 16.9. The second kappa shape index (κ2) is 5.67. The fourth-order valence-electron chi connectivity index (χ4n) is 4.07. The lowest BCUT2D eigenvalue weighted by Gasteiger charge is -2.47. The summed E-state index contributed by atoms with van der Waals surface area (Å²) in [6, 6.07) is 0. The maximum Gasteiger partial charge on any atom is 0.271 e. The number of rotatable bonds is 1. The van der Waals surface area contributed by atoms with Crippen LogP contribution >= 0.6 is 11.3 Å². The second-order valence-corrected chi connectivity index (χ2v) is 8.23. The number of carbonyl (C=O) groups excluding carboxylic acids is 1. The molecule has 2 atom stereocenters. The van der Waals surface area contributed by atoms with Gasteiger partial charge in [0.25, 0.3) is 11.5 Å². The molecule has 2 fully saturated rings. The molecule has 2 aliphatic rings. The maximum atomic E-state index is 12.8. The molecular formula is C17H21N3O3S. The van der Waals surface area contributed by atoms with Crippen LogP contribution in [-0.2, 0) is 0 Å². The van der Waals surface area contributed by atoms with Crippen molar-refractivity contribution < 1.29 is 9.90 Å². The van der Waals surface area contributed by atoms with Crippen LogP contribution in [0.25, 0.3) is 4.96 Å². The van der Waals surface area contributed by atoms with E-state index >= 15 is 0 Å². The Bertz CT molecular complexity index is 858. The Kier molecular flexibility index (Phi) is 3.73. The molecule has 4 rings (SSSR count). The number of aryl methyl sites for hydroxylation is 1. The van der Waals surface area contributed by atoms with Gasteiger partial charge in [0.1, 0.15) is 5.56 Å². The summed E-state index contributed by atoms with van der Waals surface area (Å²) < 4.78 is 1.45. The lowest BCUT2D eigenvalue weighted by molar-refractivity contribution is -0.0886. The molecule has 6 nitrogen and oxygen atoms in total. The topological polar surface area (TPSA) is 74.9 Å². The molecule has 1 amide bonds. The average molecular weight is 347 g/mol. The minimum Gasteiger partial charge on any atom is -0.389 e. The molecule has 3 heterocycles. The second-order valence-electron chi connectivity index (χ2n) is 7.02. The number of amides is 1. The van der Waals surface area contributed by atoms with Crippen LogP contribution in [0.2, 0.25) is 0 Å². The van der Waals surface area contributed by atoms with Crippen LogP contribution in [0.15, 0.2) is 17.2 Å². The number of nitrogens with zero attached hydrogens (tertiary/aromatic N) is 3. The van der Waals surface area contributed by atoms with Crippen LogP contribution in [0, 0.1) is 12.8 Å². The predicted octanol–water partition coefficient (Wildman–Crippen LogP) is 1.83. The van der Waals surface area contributed by atoms with Crippen molar-refractivity contribution >= 4 is 22.2 Å². The molecular weight excluding hydrogens is 326 g/mol. The molecule has 2 unspecified atom stereocenters. The Morgan fingerprint density at radius 1 is 1.42 bits per heavy atom. The Hall–Kier alpha value is -1.73. The van der Waals surface area contributed by atoms with Crippen LogP contribution < -0.4 is 5.56 Å². The lowest BCUT2D eigenvalue weighted by Crippen LogP contribution is -2.55. The number of carbonyl (C=O) groups is 1. The Balaban J connectivity index is 1.62. The molecule has 1 saturated heterocycles. The van der Waals surface area contributed by atoms with Gasteiger partial charge in [0.15, 0.2) is 4.96 Å². The van der Waals surface area contributed by atoms with Crippen LogP contribution in [0.4, 0.5) is 0 Å². The number of hydrogen-bond donors (Lipinski definition) is 1. The molecule has 2 aromatic heterocycles. The van der Waals surface area contributed by atoms with E-state index in [0.29, 0.717) is 24.5 Å². The summed E-state index contributed by atoms with van der Waals surface area (Å²) in [6.45, 7) is 2.94. The quantitative estimate of drug-likeness (QED) is 0.854. The summed E-state index contributed by atoms with van der Waals surface area (Å²) in [5, 5.41) is 10.7. The highest BCUT2D eigenvalue weighted by molar-refractivity contribution is 7.16. The molecule has 128 valence electrons. The van der Waals surface area contributed by atoms with Gasteiger partial charge in [0.05, 0.1) is 5.60 Å². The highest BCUT2D eigenvalue weighted by Crippen LogP contribution is 2.39. The van der Waals surface area contributed by atoms with Gasteiger partial charge in [0, 0.05) is 36.3 Å². The Morgan fingerprint density at radius 2 is 2.25 bits per heavy atom. The van der Waals surface area contributed by atoms with Gasteiger partial charge in [-0.1, -0.05) is 12.8 Å². The van der Waals surface area contributed by atoms with Crippen molar-refractivity contribution in [3.63, 3.8) is 0 Å². The summed E-state index contributed by atoms with van der Waals surface area (Å²) in [6.07, 6.45) is 7.64. The zero-order valence-electron chi connectivity index (χ0n) is 13.7. The van der Waals surface area contributed by atoms with Crippen molar-refractivity contribution in [1.29, 1.82) is 0 Å². The van der Waals surface area contributed by atoms with Crippen LogP contribution in [0.1, 0.15) is 47.3 Å². The van der Waals surface area contributed by atoms with Crippen LogP contribution in [0.3, 0.4) is 0 Å². The van der Waals surface area contributed by atoms with Crippen molar-refractivity contribution in [2.45, 2.75) is 44.6 Å². The molecule has 1 aliphatic carbocycles. The highest BCUT2D eigenvalue weighted by Gasteiger charge is 2.44. The molecule has 7 heteroatoms. The van der Waals surface area contributed by atoms with Crippen molar-refractivity contribution in [3.05, 3.63) is 33.2 Å². The molecule has 1 saturated carbocycles. The van der Waals surface area contributed by atoms with Crippen molar-refractivity contribution in [3.8, 4) is 0 Å². The summed E-state index contributed by atoms with van der Waals surface area (Å²) in [7, 11) is 0. The van der Waals surface area contributed by atoms with Gasteiger partial charge in [-0.25, -0.2) is 4.98 Å². The van der Waals surface area contributed by atoms with Crippen molar-refractivity contribution in [2.24, 2.45) is 5.92 Å². The molecule has 1 N–H and O–H groups in total. The third-order valence-corrected chi connectivity index (χ3v) is 6.38. The Morgan fingerprint density at radius 3 is 3.08 bits per heavy atom. The number of likely N-dealkylation sites (tertiary alicyclic amines) is 1. The standard InChI is InChI=1S/C17H21N3O3S/c1-11-9-20-15(22)13(8-18-16(20)24-11)14(21)19-7-6-17(23)5-3-2-4-12(17)10-19/h8-9,12,23H,2-7,10H2,1H3. The van der Waals surface area contributed by atoms with Gasteiger partial charge in [-0.05, 0) is 26.2 Å². The first kappa shape index (κ1) is 15.8. The maximum absolute atomic E-state index is 12.8. The molecule has 1 aliphatic heterocycles. The number of fused-ring (bicyclic) bond motifs is 2. The van der Waals surface area contributed by atoms with Gasteiger partial charge in [-0.15, -0.1) is 11.3 Å². The van der Waals surface area contributed by atoms with Gasteiger partial charge >= 0.3 is 0 Å². The van der Waals surface area contributed by atoms with E-state index in [-0.39, 0.29) is 22.9 Å². The minimum atomic E-state index is -0.628. The van der Waals surface area contributed by atoms with E-state index in [1.165, 1.54) is 21.9 Å². The van der Waals surface area contributed by atoms with E-state index in [4.69, 9.17) is 0 Å². The summed E-state index contributed by atoms with van der Waals surface area (Å²) in [5.74, 6) is -0.148. The number of thiazole rings is 1. The predicted molar refractivity (Wildman–Crippen MR) is 91.5 cm³/mol. The molecule has 24 heavy (non-hydrogen) atoms. The van der Waals surface area contributed by atoms with Crippen LogP contribution in [-0.4, -0.2) is 44.0 Å². The van der Waals surface area contributed by atoms with Gasteiger partial charge in [0.2, 0.25) is 0 Å². The van der Waals surface area contributed by atoms with E-state index in [1.807, 2.05) is 6.92 Å². The van der Waals surface area contributed by atoms with E-state index in [2.05, 4.69) is 4.98 Å². The van der Waals surface area contributed by atoms with Gasteiger partial charge < -0.3 is 10.0 Å². The Labute approximate surface area is 143 Å². The van der Waals surface area contributed by atoms with Gasteiger partial charge in [-0.3, -0.25) is 14.0 Å². The summed E-state index contributed by atoms with van der Waals surface area (Å²) in [4.78, 5) is 33.0. The number of piperidine rings is 1. The number of aliphatic hydroxyl groups is 1. The third kappa shape index (κ3) is 2.46. The first-order chi connectivity index (χ1) is 11.5. The summed E-state index contributed by atoms with van der Waals surface area (Å²) in [5.41, 5.74) is -0.818. The smallest absolute Gasteiger partial charge is 0.271 e. The SMILES string of the molecule is Cc1cn2c(=O)c(C(=O)N3CCC4(O)CCCCC4C3)cnc2s1. The number of hydrogen-bond acceptors (Lipinski definition) is 5. The molecule has 2 aromatic rings. The average Bonchev–Trinajstić information content (AvgIpc) is 2.95. The van der Waals surface area contributed by atoms with Crippen LogP contribution in [0.5, 0.6) is 0 Å².